The van der Waals surface area contributed by atoms with Gasteiger partial charge in [0.15, 0.2) is 0 Å². The fourth-order valence-electron chi connectivity index (χ4n) is 2.38. The smallest absolute Gasteiger partial charge is 0.238 e. The molecule has 1 aromatic carbocycles. The number of carbonyl (C=O) groups is 1. The number of rotatable bonds is 6. The third-order valence-corrected chi connectivity index (χ3v) is 3.47. The Hall–Kier alpha value is -1.66. The molecule has 0 aromatic heterocycles. The van der Waals surface area contributed by atoms with Crippen molar-refractivity contribution >= 4 is 5.91 Å². The highest BCUT2D eigenvalue weighted by atomic mass is 19.1. The van der Waals surface area contributed by atoms with Crippen LogP contribution in [0.1, 0.15) is 6.92 Å². The molecule has 0 saturated carbocycles. The molecule has 1 aliphatic rings. The van der Waals surface area contributed by atoms with Gasteiger partial charge in [-0.2, -0.15) is 0 Å². The van der Waals surface area contributed by atoms with Crippen LogP contribution in [0.25, 0.3) is 0 Å². The summed E-state index contributed by atoms with van der Waals surface area (Å²) < 4.78 is 18.4. The van der Waals surface area contributed by atoms with Crippen LogP contribution in [0.5, 0.6) is 5.75 Å². The zero-order chi connectivity index (χ0) is 15.1. The monoisotopic (exact) mass is 295 g/mol. The number of amides is 1. The van der Waals surface area contributed by atoms with Gasteiger partial charge in [0.05, 0.1) is 0 Å². The number of nitrogens with zero attached hydrogens (tertiary/aromatic N) is 1. The van der Waals surface area contributed by atoms with Crippen molar-refractivity contribution in [2.24, 2.45) is 0 Å². The Morgan fingerprint density at radius 3 is 2.95 bits per heavy atom. The quantitative estimate of drug-likeness (QED) is 0.807. The topological polar surface area (TPSA) is 53.6 Å². The largest absolute Gasteiger partial charge is 0.492 e. The molecule has 1 unspecified atom stereocenters. The van der Waals surface area contributed by atoms with Crippen molar-refractivity contribution < 1.29 is 13.9 Å². The molecule has 5 nitrogen and oxygen atoms in total. The Bertz CT molecular complexity index is 453. The Kier molecular flexibility index (Phi) is 5.95. The summed E-state index contributed by atoms with van der Waals surface area (Å²) in [5.74, 6) is 0.410. The van der Waals surface area contributed by atoms with E-state index < -0.39 is 0 Å². The predicted molar refractivity (Wildman–Crippen MR) is 78.8 cm³/mol. The minimum absolute atomic E-state index is 0.0477. The van der Waals surface area contributed by atoms with Gasteiger partial charge in [0.25, 0.3) is 0 Å². The van der Waals surface area contributed by atoms with Gasteiger partial charge in [0.2, 0.25) is 5.91 Å². The molecule has 0 bridgehead atoms. The highest BCUT2D eigenvalue weighted by Crippen LogP contribution is 2.11. The lowest BCUT2D eigenvalue weighted by atomic mass is 10.2. The van der Waals surface area contributed by atoms with Crippen LogP contribution in [0, 0.1) is 5.82 Å². The summed E-state index contributed by atoms with van der Waals surface area (Å²) in [5, 5.41) is 6.09. The van der Waals surface area contributed by atoms with Gasteiger partial charge in [-0.25, -0.2) is 4.39 Å². The van der Waals surface area contributed by atoms with E-state index in [0.717, 1.165) is 13.1 Å². The first kappa shape index (κ1) is 15.7. The van der Waals surface area contributed by atoms with Crippen molar-refractivity contribution in [2.75, 3.05) is 39.3 Å². The van der Waals surface area contributed by atoms with Crippen LogP contribution in [0.2, 0.25) is 0 Å². The molecule has 1 heterocycles. The van der Waals surface area contributed by atoms with Crippen molar-refractivity contribution in [3.8, 4) is 5.75 Å². The minimum atomic E-state index is -0.277. The van der Waals surface area contributed by atoms with Crippen molar-refractivity contribution in [2.45, 2.75) is 13.0 Å². The molecule has 1 amide bonds. The summed E-state index contributed by atoms with van der Waals surface area (Å²) in [6.45, 7) is 6.03. The molecule has 6 heteroatoms. The molecule has 1 aromatic rings. The number of hydrogen-bond donors (Lipinski definition) is 2. The molecule has 2 N–H and O–H groups in total. The first-order chi connectivity index (χ1) is 10.2. The maximum atomic E-state index is 12.8. The molecular formula is C15H22FN3O2. The van der Waals surface area contributed by atoms with E-state index >= 15 is 0 Å². The minimum Gasteiger partial charge on any atom is -0.492 e. The van der Waals surface area contributed by atoms with Gasteiger partial charge < -0.3 is 15.4 Å². The van der Waals surface area contributed by atoms with E-state index in [-0.39, 0.29) is 17.8 Å². The maximum Gasteiger partial charge on any atom is 0.238 e. The lowest BCUT2D eigenvalue weighted by Gasteiger charge is -2.34. The molecule has 1 saturated heterocycles. The van der Waals surface area contributed by atoms with Gasteiger partial charge in [-0.15, -0.1) is 0 Å². The van der Waals surface area contributed by atoms with Crippen LogP contribution < -0.4 is 15.4 Å². The van der Waals surface area contributed by atoms with Crippen LogP contribution in [-0.4, -0.2) is 56.2 Å². The van der Waals surface area contributed by atoms with E-state index in [1.807, 2.05) is 6.92 Å². The Morgan fingerprint density at radius 2 is 2.24 bits per heavy atom. The molecule has 0 aliphatic carbocycles. The number of nitrogens with one attached hydrogen (secondary N) is 2. The first-order valence-electron chi connectivity index (χ1n) is 7.31. The average Bonchev–Trinajstić information content (AvgIpc) is 2.50. The summed E-state index contributed by atoms with van der Waals surface area (Å²) >= 11 is 0. The van der Waals surface area contributed by atoms with Crippen molar-refractivity contribution in [3.63, 3.8) is 0 Å². The summed E-state index contributed by atoms with van der Waals surface area (Å²) in [7, 11) is 0. The molecule has 2 rings (SSSR count). The number of benzene rings is 1. The number of carbonyl (C=O) groups excluding carboxylic acids is 1. The number of ether oxygens (including phenoxy) is 1. The molecule has 1 atom stereocenters. The number of halogens is 1. The lowest BCUT2D eigenvalue weighted by Crippen LogP contribution is -2.58. The van der Waals surface area contributed by atoms with Crippen LogP contribution >= 0.6 is 0 Å². The Balaban J connectivity index is 1.82. The first-order valence-corrected chi connectivity index (χ1v) is 7.31. The second-order valence-corrected chi connectivity index (χ2v) is 4.95. The van der Waals surface area contributed by atoms with E-state index in [1.165, 1.54) is 12.1 Å². The highest BCUT2D eigenvalue weighted by Gasteiger charge is 2.27. The zero-order valence-electron chi connectivity index (χ0n) is 12.3. The van der Waals surface area contributed by atoms with E-state index in [0.29, 0.717) is 32.0 Å². The maximum absolute atomic E-state index is 12.8. The van der Waals surface area contributed by atoms with E-state index in [1.54, 1.807) is 12.1 Å². The van der Waals surface area contributed by atoms with E-state index in [9.17, 15) is 9.18 Å². The van der Waals surface area contributed by atoms with Gasteiger partial charge >= 0.3 is 0 Å². The van der Waals surface area contributed by atoms with Gasteiger partial charge in [-0.3, -0.25) is 9.69 Å². The molecule has 21 heavy (non-hydrogen) atoms. The van der Waals surface area contributed by atoms with Gasteiger partial charge in [0, 0.05) is 32.7 Å². The number of likely N-dealkylation sites (N-methyl/N-ethyl adjacent to an activating group) is 1. The summed E-state index contributed by atoms with van der Waals surface area (Å²) in [6, 6.07) is 5.80. The second-order valence-electron chi connectivity index (χ2n) is 4.95. The Labute approximate surface area is 124 Å². The SMILES string of the molecule is CCNC(=O)C1CNCCN1CCOc1ccc(F)cc1. The summed E-state index contributed by atoms with van der Waals surface area (Å²) in [6.07, 6.45) is 0. The third-order valence-electron chi connectivity index (χ3n) is 3.47. The van der Waals surface area contributed by atoms with Crippen LogP contribution in [0.4, 0.5) is 4.39 Å². The molecule has 116 valence electrons. The average molecular weight is 295 g/mol. The van der Waals surface area contributed by atoms with Crippen LogP contribution in [0.3, 0.4) is 0 Å². The molecule has 0 radical (unpaired) electrons. The number of piperazine rings is 1. The fourth-order valence-corrected chi connectivity index (χ4v) is 2.38. The predicted octanol–water partition coefficient (Wildman–Crippen LogP) is 0.614. The number of hydrogen-bond acceptors (Lipinski definition) is 4. The van der Waals surface area contributed by atoms with Gasteiger partial charge in [-0.05, 0) is 31.2 Å². The summed E-state index contributed by atoms with van der Waals surface area (Å²) in [4.78, 5) is 14.1. The Morgan fingerprint density at radius 1 is 1.48 bits per heavy atom. The summed E-state index contributed by atoms with van der Waals surface area (Å²) in [5.41, 5.74) is 0. The second kappa shape index (κ2) is 7.95. The van der Waals surface area contributed by atoms with E-state index in [2.05, 4.69) is 15.5 Å². The van der Waals surface area contributed by atoms with Gasteiger partial charge in [0.1, 0.15) is 24.2 Å². The van der Waals surface area contributed by atoms with Crippen LogP contribution in [0.15, 0.2) is 24.3 Å². The van der Waals surface area contributed by atoms with Crippen molar-refractivity contribution in [1.82, 2.24) is 15.5 Å². The van der Waals surface area contributed by atoms with Crippen molar-refractivity contribution in [3.05, 3.63) is 30.1 Å². The molecule has 0 spiro atoms. The third kappa shape index (κ3) is 4.68. The highest BCUT2D eigenvalue weighted by molar-refractivity contribution is 5.82. The normalized spacial score (nSPS) is 19.2. The fraction of sp³-hybridized carbons (Fsp3) is 0.533. The zero-order valence-corrected chi connectivity index (χ0v) is 12.3. The molecule has 1 fully saturated rings. The molecular weight excluding hydrogens is 273 g/mol. The van der Waals surface area contributed by atoms with Crippen LogP contribution in [-0.2, 0) is 4.79 Å². The van der Waals surface area contributed by atoms with Crippen molar-refractivity contribution in [1.29, 1.82) is 0 Å². The standard InChI is InChI=1S/C15H22FN3O2/c1-2-18-15(20)14-11-17-7-8-19(14)9-10-21-13-5-3-12(16)4-6-13/h3-6,14,17H,2,7-11H2,1H3,(H,18,20). The van der Waals surface area contributed by atoms with E-state index in [4.69, 9.17) is 4.74 Å². The van der Waals surface area contributed by atoms with Gasteiger partial charge in [-0.1, -0.05) is 0 Å². The molecule has 1 aliphatic heterocycles. The lowest BCUT2D eigenvalue weighted by molar-refractivity contribution is -0.127.